The topological polar surface area (TPSA) is 65.5 Å². The lowest BCUT2D eigenvalue weighted by Gasteiger charge is -2.00. The normalized spacial score (nSPS) is 11.0. The molecule has 0 aliphatic carbocycles. The van der Waals surface area contributed by atoms with Crippen LogP contribution in [0.2, 0.25) is 0 Å². The van der Waals surface area contributed by atoms with Crippen LogP contribution in [0.1, 0.15) is 43.2 Å². The van der Waals surface area contributed by atoms with E-state index in [2.05, 4.69) is 4.98 Å². The molecule has 30 heavy (non-hydrogen) atoms. The number of carbonyl (C=O) groups is 2. The summed E-state index contributed by atoms with van der Waals surface area (Å²) in [6.45, 7) is 0. The Kier molecular flexibility index (Phi) is 6.90. The Morgan fingerprint density at radius 1 is 0.633 bits per heavy atom. The molecular formula is C25H21NO4. The maximum Gasteiger partial charge on any atom is 0.337 e. The van der Waals surface area contributed by atoms with Gasteiger partial charge >= 0.3 is 11.9 Å². The highest BCUT2D eigenvalue weighted by Crippen LogP contribution is 2.12. The predicted octanol–water partition coefficient (Wildman–Crippen LogP) is 5.00. The third-order valence-electron chi connectivity index (χ3n) is 4.35. The first-order chi connectivity index (χ1) is 14.6. The van der Waals surface area contributed by atoms with Crippen LogP contribution in [0.3, 0.4) is 0 Å². The van der Waals surface area contributed by atoms with Gasteiger partial charge in [0.15, 0.2) is 0 Å². The molecule has 1 aromatic heterocycles. The van der Waals surface area contributed by atoms with Crippen LogP contribution in [0.4, 0.5) is 0 Å². The molecule has 150 valence electrons. The first-order valence-corrected chi connectivity index (χ1v) is 9.29. The minimum atomic E-state index is -0.355. The van der Waals surface area contributed by atoms with E-state index in [1.54, 1.807) is 24.3 Å². The minimum Gasteiger partial charge on any atom is -0.465 e. The van der Waals surface area contributed by atoms with Gasteiger partial charge in [-0.05, 0) is 59.7 Å². The molecule has 0 saturated carbocycles. The fraction of sp³-hybridized carbons (Fsp3) is 0.0800. The smallest absolute Gasteiger partial charge is 0.337 e. The predicted molar refractivity (Wildman–Crippen MR) is 118 cm³/mol. The maximum atomic E-state index is 11.5. The first kappa shape index (κ1) is 20.7. The van der Waals surface area contributed by atoms with Crippen molar-refractivity contribution in [1.82, 2.24) is 4.98 Å². The van der Waals surface area contributed by atoms with E-state index in [1.165, 1.54) is 14.2 Å². The number of benzene rings is 2. The van der Waals surface area contributed by atoms with Gasteiger partial charge in [-0.1, -0.05) is 42.5 Å². The maximum absolute atomic E-state index is 11.5. The van der Waals surface area contributed by atoms with Gasteiger partial charge < -0.3 is 9.47 Å². The molecule has 5 heteroatoms. The number of ether oxygens (including phenoxy) is 2. The van der Waals surface area contributed by atoms with Crippen LogP contribution in [0, 0.1) is 0 Å². The third-order valence-corrected chi connectivity index (χ3v) is 4.35. The zero-order chi connectivity index (χ0) is 21.3. The van der Waals surface area contributed by atoms with Gasteiger partial charge in [-0.25, -0.2) is 14.6 Å². The van der Waals surface area contributed by atoms with Crippen molar-refractivity contribution < 1.29 is 19.1 Å². The second kappa shape index (κ2) is 9.98. The third kappa shape index (κ3) is 5.52. The van der Waals surface area contributed by atoms with Crippen molar-refractivity contribution >= 4 is 36.2 Å². The molecule has 0 aliphatic rings. The summed E-state index contributed by atoms with van der Waals surface area (Å²) in [4.78, 5) is 27.6. The van der Waals surface area contributed by atoms with E-state index in [0.29, 0.717) is 11.1 Å². The second-order valence-corrected chi connectivity index (χ2v) is 6.38. The molecule has 0 N–H and O–H groups in total. The molecule has 0 unspecified atom stereocenters. The zero-order valence-electron chi connectivity index (χ0n) is 16.7. The molecule has 0 amide bonds. The van der Waals surface area contributed by atoms with Crippen molar-refractivity contribution in [2.24, 2.45) is 0 Å². The minimum absolute atomic E-state index is 0.355. The van der Waals surface area contributed by atoms with Crippen molar-refractivity contribution in [2.75, 3.05) is 14.2 Å². The van der Waals surface area contributed by atoms with Crippen molar-refractivity contribution in [3.8, 4) is 0 Å². The first-order valence-electron chi connectivity index (χ1n) is 9.29. The van der Waals surface area contributed by atoms with E-state index in [4.69, 9.17) is 9.47 Å². The van der Waals surface area contributed by atoms with E-state index in [9.17, 15) is 9.59 Å². The number of hydrogen-bond acceptors (Lipinski definition) is 5. The van der Waals surface area contributed by atoms with Crippen molar-refractivity contribution in [3.63, 3.8) is 0 Å². The lowest BCUT2D eigenvalue weighted by molar-refractivity contribution is 0.0592. The quantitative estimate of drug-likeness (QED) is 0.546. The highest BCUT2D eigenvalue weighted by molar-refractivity contribution is 5.90. The van der Waals surface area contributed by atoms with E-state index < -0.39 is 0 Å². The highest BCUT2D eigenvalue weighted by Gasteiger charge is 2.04. The number of nitrogens with zero attached hydrogens (tertiary/aromatic N) is 1. The molecule has 3 aromatic rings. The summed E-state index contributed by atoms with van der Waals surface area (Å²) in [5.41, 5.74) is 4.57. The second-order valence-electron chi connectivity index (χ2n) is 6.38. The summed E-state index contributed by atoms with van der Waals surface area (Å²) in [6, 6.07) is 20.1. The van der Waals surface area contributed by atoms with Crippen LogP contribution in [0.15, 0.2) is 66.7 Å². The molecule has 0 spiro atoms. The van der Waals surface area contributed by atoms with Crippen LogP contribution in [-0.2, 0) is 9.47 Å². The van der Waals surface area contributed by atoms with Crippen LogP contribution in [-0.4, -0.2) is 31.1 Å². The average Bonchev–Trinajstić information content (AvgIpc) is 2.81. The van der Waals surface area contributed by atoms with Crippen LogP contribution in [0.5, 0.6) is 0 Å². The van der Waals surface area contributed by atoms with Gasteiger partial charge in [0.05, 0.1) is 36.7 Å². The van der Waals surface area contributed by atoms with Crippen LogP contribution >= 0.6 is 0 Å². The summed E-state index contributed by atoms with van der Waals surface area (Å²) in [7, 11) is 2.72. The summed E-state index contributed by atoms with van der Waals surface area (Å²) in [5.74, 6) is -0.710. The van der Waals surface area contributed by atoms with E-state index in [1.807, 2.05) is 66.8 Å². The number of pyridine rings is 1. The average molecular weight is 399 g/mol. The highest BCUT2D eigenvalue weighted by atomic mass is 16.5. The lowest BCUT2D eigenvalue weighted by atomic mass is 10.1. The molecule has 1 heterocycles. The van der Waals surface area contributed by atoms with E-state index >= 15 is 0 Å². The van der Waals surface area contributed by atoms with Gasteiger partial charge in [0, 0.05) is 0 Å². The Bertz CT molecular complexity index is 996. The Balaban J connectivity index is 1.68. The largest absolute Gasteiger partial charge is 0.465 e. The lowest BCUT2D eigenvalue weighted by Crippen LogP contribution is -2.00. The number of esters is 2. The van der Waals surface area contributed by atoms with Gasteiger partial charge in [0.2, 0.25) is 0 Å². The summed E-state index contributed by atoms with van der Waals surface area (Å²) < 4.78 is 9.40. The summed E-state index contributed by atoms with van der Waals surface area (Å²) >= 11 is 0. The van der Waals surface area contributed by atoms with Gasteiger partial charge in [0.25, 0.3) is 0 Å². The fourth-order valence-corrected chi connectivity index (χ4v) is 2.71. The zero-order valence-corrected chi connectivity index (χ0v) is 16.7. The van der Waals surface area contributed by atoms with E-state index in [0.717, 1.165) is 22.5 Å². The Morgan fingerprint density at radius 2 is 1.03 bits per heavy atom. The van der Waals surface area contributed by atoms with Crippen LogP contribution in [0.25, 0.3) is 24.3 Å². The number of methoxy groups -OCH3 is 2. The molecule has 0 atom stereocenters. The van der Waals surface area contributed by atoms with Crippen LogP contribution < -0.4 is 0 Å². The number of hydrogen-bond donors (Lipinski definition) is 0. The van der Waals surface area contributed by atoms with Crippen molar-refractivity contribution in [2.45, 2.75) is 0 Å². The monoisotopic (exact) mass is 399 g/mol. The van der Waals surface area contributed by atoms with Gasteiger partial charge in [0.1, 0.15) is 0 Å². The molecule has 0 aliphatic heterocycles. The molecule has 0 bridgehead atoms. The summed E-state index contributed by atoms with van der Waals surface area (Å²) in [5, 5.41) is 0. The van der Waals surface area contributed by atoms with Crippen molar-refractivity contribution in [1.29, 1.82) is 0 Å². The molecular weight excluding hydrogens is 378 g/mol. The number of rotatable bonds is 6. The molecule has 5 nitrogen and oxygen atoms in total. The summed E-state index contributed by atoms with van der Waals surface area (Å²) in [6.07, 6.45) is 7.69. The van der Waals surface area contributed by atoms with Crippen molar-refractivity contribution in [3.05, 3.63) is 100 Å². The molecule has 2 aromatic carbocycles. The Morgan fingerprint density at radius 3 is 1.40 bits per heavy atom. The van der Waals surface area contributed by atoms with Gasteiger partial charge in [-0.2, -0.15) is 0 Å². The SMILES string of the molecule is COC(=O)c1ccc(/C=C/c2cccc(/C=C/c3ccc(C(=O)OC)cc3)n2)cc1. The number of aromatic nitrogens is 1. The van der Waals surface area contributed by atoms with Gasteiger partial charge in [-0.15, -0.1) is 0 Å². The Hall–Kier alpha value is -3.99. The molecule has 3 rings (SSSR count). The fourth-order valence-electron chi connectivity index (χ4n) is 2.71. The molecule has 0 radical (unpaired) electrons. The standard InChI is InChI=1S/C25H21NO4/c1-29-24(27)20-12-6-18(7-13-20)10-16-22-4-3-5-23(26-22)17-11-19-8-14-21(15-9-19)25(28)30-2/h3-17H,1-2H3/b16-10+,17-11+. The Labute approximate surface area is 175 Å². The molecule has 0 saturated heterocycles. The van der Waals surface area contributed by atoms with E-state index in [-0.39, 0.29) is 11.9 Å². The molecule has 0 fully saturated rings. The number of carbonyl (C=O) groups excluding carboxylic acids is 2. The van der Waals surface area contributed by atoms with Gasteiger partial charge in [-0.3, -0.25) is 0 Å².